The molecule has 0 saturated carbocycles. The first-order valence-electron chi connectivity index (χ1n) is 8.60. The van der Waals surface area contributed by atoms with Gasteiger partial charge in [0, 0.05) is 37.3 Å². The molecule has 2 aromatic rings. The molecule has 0 unspecified atom stereocenters. The van der Waals surface area contributed by atoms with Crippen LogP contribution in [-0.4, -0.2) is 60.5 Å². The third-order valence-corrected chi connectivity index (χ3v) is 5.02. The molecular weight excluding hydrogens is 377 g/mol. The topological polar surface area (TPSA) is 70.8 Å². The Morgan fingerprint density at radius 3 is 2.14 bits per heavy atom. The van der Waals surface area contributed by atoms with Gasteiger partial charge in [-0.1, -0.05) is 24.3 Å². The molecule has 0 atom stereocenters. The minimum absolute atomic E-state index is 0.0399. The zero-order valence-corrected chi connectivity index (χ0v) is 14.8. The monoisotopic (exact) mass is 392 g/mol. The van der Waals surface area contributed by atoms with Crippen molar-refractivity contribution in [1.82, 2.24) is 9.80 Å². The van der Waals surface area contributed by atoms with E-state index in [-0.39, 0.29) is 24.2 Å². The second-order valence-electron chi connectivity index (χ2n) is 6.81. The van der Waals surface area contributed by atoms with Crippen molar-refractivity contribution in [2.75, 3.05) is 33.2 Å². The van der Waals surface area contributed by atoms with E-state index >= 15 is 0 Å². The Morgan fingerprint density at radius 1 is 1.00 bits per heavy atom. The minimum Gasteiger partial charge on any atom is -0.446 e. The van der Waals surface area contributed by atoms with Gasteiger partial charge in [-0.15, -0.1) is 0 Å². The molecule has 0 N–H and O–H groups in total. The van der Waals surface area contributed by atoms with E-state index in [0.717, 1.165) is 0 Å². The van der Waals surface area contributed by atoms with Crippen molar-refractivity contribution in [1.29, 1.82) is 0 Å². The first-order valence-corrected chi connectivity index (χ1v) is 8.60. The van der Waals surface area contributed by atoms with E-state index in [2.05, 4.69) is 0 Å². The number of hydrogen-bond acceptors (Lipinski definition) is 5. The van der Waals surface area contributed by atoms with E-state index in [1.54, 1.807) is 0 Å². The smallest absolute Gasteiger partial charge is 0.446 e. The summed E-state index contributed by atoms with van der Waals surface area (Å²) in [5.74, 6) is -4.94. The number of carbonyl (C=O) groups is 3. The Hall–Kier alpha value is -2.94. The van der Waals surface area contributed by atoms with Gasteiger partial charge in [0.2, 0.25) is 11.5 Å². The zero-order valence-electron chi connectivity index (χ0n) is 14.8. The van der Waals surface area contributed by atoms with E-state index < -0.39 is 46.3 Å². The quantitative estimate of drug-likeness (QED) is 0.636. The van der Waals surface area contributed by atoms with Crippen molar-refractivity contribution in [2.45, 2.75) is 6.18 Å². The molecule has 146 valence electrons. The molecule has 2 heterocycles. The standard InChI is InChI=1S/C19H15F3N2O4/c1-23-6-8-24(9-7-23)18(27)13-12-14(25)10-4-2-3-5-11(10)15(26)16(12)28-17(13)19(20,21)22/h2-5H,6-9H2,1H3. The Balaban J connectivity index is 1.89. The fourth-order valence-corrected chi connectivity index (χ4v) is 3.52. The van der Waals surface area contributed by atoms with Crippen LogP contribution in [0, 0.1) is 0 Å². The van der Waals surface area contributed by atoms with Gasteiger partial charge in [0.05, 0.1) is 5.56 Å². The average Bonchev–Trinajstić information content (AvgIpc) is 3.08. The molecule has 0 bridgehead atoms. The van der Waals surface area contributed by atoms with Crippen LogP contribution >= 0.6 is 0 Å². The maximum absolute atomic E-state index is 13.6. The summed E-state index contributed by atoms with van der Waals surface area (Å²) in [5, 5.41) is 0. The van der Waals surface area contributed by atoms with Gasteiger partial charge in [0.15, 0.2) is 11.5 Å². The summed E-state index contributed by atoms with van der Waals surface area (Å²) in [7, 11) is 1.84. The van der Waals surface area contributed by atoms with Crippen LogP contribution in [0.4, 0.5) is 13.2 Å². The third-order valence-electron chi connectivity index (χ3n) is 5.02. The number of amides is 1. The molecule has 0 radical (unpaired) electrons. The summed E-state index contributed by atoms with van der Waals surface area (Å²) >= 11 is 0. The molecule has 1 aliphatic carbocycles. The Kier molecular flexibility index (Phi) is 4.15. The highest BCUT2D eigenvalue weighted by atomic mass is 19.4. The number of ketones is 2. The average molecular weight is 392 g/mol. The summed E-state index contributed by atoms with van der Waals surface area (Å²) in [4.78, 5) is 41.7. The van der Waals surface area contributed by atoms with Crippen LogP contribution in [0.25, 0.3) is 0 Å². The van der Waals surface area contributed by atoms with Gasteiger partial charge in [-0.05, 0) is 7.05 Å². The fourth-order valence-electron chi connectivity index (χ4n) is 3.52. The molecule has 4 rings (SSSR count). The van der Waals surface area contributed by atoms with E-state index in [4.69, 9.17) is 4.42 Å². The molecule has 9 heteroatoms. The van der Waals surface area contributed by atoms with Crippen molar-refractivity contribution >= 4 is 17.5 Å². The number of furan rings is 1. The number of hydrogen-bond donors (Lipinski definition) is 0. The zero-order chi connectivity index (χ0) is 20.2. The van der Waals surface area contributed by atoms with Crippen molar-refractivity contribution in [3.05, 3.63) is 58.0 Å². The molecule has 1 saturated heterocycles. The predicted octanol–water partition coefficient (Wildman–Crippen LogP) is 2.46. The van der Waals surface area contributed by atoms with E-state index in [1.165, 1.54) is 29.2 Å². The lowest BCUT2D eigenvalue weighted by atomic mass is 9.86. The van der Waals surface area contributed by atoms with Crippen molar-refractivity contribution in [2.24, 2.45) is 0 Å². The van der Waals surface area contributed by atoms with Gasteiger partial charge < -0.3 is 14.2 Å². The summed E-state index contributed by atoms with van der Waals surface area (Å²) in [5.41, 5.74) is -1.55. The summed E-state index contributed by atoms with van der Waals surface area (Å²) in [6.45, 7) is 1.41. The molecule has 1 amide bonds. The Morgan fingerprint density at radius 2 is 1.57 bits per heavy atom. The number of benzene rings is 1. The van der Waals surface area contributed by atoms with Gasteiger partial charge in [0.1, 0.15) is 5.56 Å². The van der Waals surface area contributed by atoms with Crippen molar-refractivity contribution in [3.8, 4) is 0 Å². The highest BCUT2D eigenvalue weighted by Gasteiger charge is 2.48. The lowest BCUT2D eigenvalue weighted by molar-refractivity contribution is -0.153. The number of likely N-dealkylation sites (N-methyl/N-ethyl adjacent to an activating group) is 1. The number of carbonyl (C=O) groups excluding carboxylic acids is 3. The van der Waals surface area contributed by atoms with Crippen molar-refractivity contribution in [3.63, 3.8) is 0 Å². The van der Waals surface area contributed by atoms with Gasteiger partial charge in [-0.3, -0.25) is 14.4 Å². The summed E-state index contributed by atoms with van der Waals surface area (Å²) in [6, 6.07) is 5.69. The third kappa shape index (κ3) is 2.73. The van der Waals surface area contributed by atoms with Crippen LogP contribution in [0.15, 0.2) is 28.7 Å². The van der Waals surface area contributed by atoms with Crippen LogP contribution in [0.1, 0.15) is 48.2 Å². The van der Waals surface area contributed by atoms with Gasteiger partial charge >= 0.3 is 6.18 Å². The summed E-state index contributed by atoms with van der Waals surface area (Å²) < 4.78 is 45.7. The molecule has 28 heavy (non-hydrogen) atoms. The second kappa shape index (κ2) is 6.30. The highest BCUT2D eigenvalue weighted by molar-refractivity contribution is 6.30. The van der Waals surface area contributed by atoms with Crippen LogP contribution in [0.5, 0.6) is 0 Å². The number of alkyl halides is 3. The maximum Gasteiger partial charge on any atom is 0.450 e. The predicted molar refractivity (Wildman–Crippen MR) is 90.4 cm³/mol. The lowest BCUT2D eigenvalue weighted by Crippen LogP contribution is -2.47. The largest absolute Gasteiger partial charge is 0.450 e. The molecule has 1 aliphatic heterocycles. The first kappa shape index (κ1) is 18.4. The fraction of sp³-hybridized carbons (Fsp3) is 0.316. The molecule has 2 aliphatic rings. The molecular formula is C19H15F3N2O4. The first-order chi connectivity index (χ1) is 13.2. The lowest BCUT2D eigenvalue weighted by Gasteiger charge is -2.32. The minimum atomic E-state index is -5.03. The normalized spacial score (nSPS) is 17.5. The molecule has 1 fully saturated rings. The van der Waals surface area contributed by atoms with E-state index in [1.807, 2.05) is 11.9 Å². The number of halogens is 3. The van der Waals surface area contributed by atoms with E-state index in [9.17, 15) is 27.6 Å². The highest BCUT2D eigenvalue weighted by Crippen LogP contribution is 2.41. The number of fused-ring (bicyclic) bond motifs is 2. The molecule has 1 aromatic carbocycles. The molecule has 0 spiro atoms. The maximum atomic E-state index is 13.6. The molecule has 1 aromatic heterocycles. The van der Waals surface area contributed by atoms with Gasteiger partial charge in [0.25, 0.3) is 5.91 Å². The van der Waals surface area contributed by atoms with Crippen LogP contribution in [-0.2, 0) is 6.18 Å². The number of nitrogens with zero attached hydrogens (tertiary/aromatic N) is 2. The summed E-state index contributed by atoms with van der Waals surface area (Å²) in [6.07, 6.45) is -5.03. The van der Waals surface area contributed by atoms with Crippen LogP contribution in [0.3, 0.4) is 0 Å². The van der Waals surface area contributed by atoms with Crippen LogP contribution in [0.2, 0.25) is 0 Å². The van der Waals surface area contributed by atoms with Crippen molar-refractivity contribution < 1.29 is 32.0 Å². The molecule has 6 nitrogen and oxygen atoms in total. The second-order valence-corrected chi connectivity index (χ2v) is 6.81. The SMILES string of the molecule is CN1CCN(C(=O)c2c(C(F)(F)F)oc3c2C(=O)c2ccccc2C3=O)CC1. The van der Waals surface area contributed by atoms with Gasteiger partial charge in [-0.2, -0.15) is 13.2 Å². The van der Waals surface area contributed by atoms with Gasteiger partial charge in [-0.25, -0.2) is 0 Å². The number of rotatable bonds is 1. The number of piperazine rings is 1. The Bertz CT molecular complexity index is 1000. The Labute approximate surface area is 157 Å². The van der Waals surface area contributed by atoms with Crippen LogP contribution < -0.4 is 0 Å². The van der Waals surface area contributed by atoms with E-state index in [0.29, 0.717) is 13.1 Å².